The van der Waals surface area contributed by atoms with Crippen LogP contribution in [0.4, 0.5) is 0 Å². The van der Waals surface area contributed by atoms with Crippen LogP contribution in [-0.4, -0.2) is 120 Å². The van der Waals surface area contributed by atoms with Crippen molar-refractivity contribution in [1.82, 2.24) is 0 Å². The Morgan fingerprint density at radius 1 is 0.271 bits per heavy atom. The average Bonchev–Trinajstić information content (AvgIpc) is 0.803. The van der Waals surface area contributed by atoms with E-state index in [1.807, 2.05) is 84.9 Å². The van der Waals surface area contributed by atoms with Crippen LogP contribution in [0.25, 0.3) is 66.8 Å². The summed E-state index contributed by atoms with van der Waals surface area (Å²) in [5, 5.41) is 0. The lowest BCUT2D eigenvalue weighted by Gasteiger charge is -2.22. The van der Waals surface area contributed by atoms with Crippen LogP contribution < -0.4 is 18.9 Å². The largest absolute Gasteiger partial charge is 0.491 e. The molecule has 96 heavy (non-hydrogen) atoms. The van der Waals surface area contributed by atoms with E-state index in [1.165, 1.54) is 14.2 Å². The Morgan fingerprint density at radius 2 is 0.552 bits per heavy atom. The molecule has 0 spiro atoms. The van der Waals surface area contributed by atoms with Crippen molar-refractivity contribution >= 4 is 11.9 Å². The summed E-state index contributed by atoms with van der Waals surface area (Å²) in [6.07, 6.45) is 0. The zero-order chi connectivity index (χ0) is 68.1. The molecule has 0 aromatic heterocycles. The second-order valence-corrected chi connectivity index (χ2v) is 23.9. The van der Waals surface area contributed by atoms with Gasteiger partial charge in [-0.2, -0.15) is 0 Å². The molecular weight excluding hydrogens is 1210 g/mol. The lowest BCUT2D eigenvalue weighted by Crippen LogP contribution is -2.13. The molecule has 0 aliphatic heterocycles. The van der Waals surface area contributed by atoms with Crippen molar-refractivity contribution in [2.45, 2.75) is 68.6 Å². The summed E-state index contributed by atoms with van der Waals surface area (Å²) in [5.74, 6) is 1.34. The van der Waals surface area contributed by atoms with E-state index >= 15 is 0 Å². The van der Waals surface area contributed by atoms with Crippen molar-refractivity contribution in [3.8, 4) is 89.8 Å². The van der Waals surface area contributed by atoms with E-state index in [9.17, 15) is 9.59 Å². The summed E-state index contributed by atoms with van der Waals surface area (Å²) >= 11 is 0. The van der Waals surface area contributed by atoms with E-state index in [0.717, 1.165) is 122 Å². The van der Waals surface area contributed by atoms with Gasteiger partial charge in [0.25, 0.3) is 0 Å². The lowest BCUT2D eigenvalue weighted by molar-refractivity contribution is 0.0178. The maximum absolute atomic E-state index is 13.0. The summed E-state index contributed by atoms with van der Waals surface area (Å²) in [7, 11) is 6.06. The van der Waals surface area contributed by atoms with Crippen LogP contribution in [0.1, 0.15) is 76.4 Å². The number of aryl methyl sites for hydroxylation is 8. The Kier molecular flexibility index (Phi) is 26.0. The molecule has 0 N–H and O–H groups in total. The lowest BCUT2D eigenvalue weighted by atomic mass is 9.86. The number of ether oxygens (including phenoxy) is 12. The summed E-state index contributed by atoms with van der Waals surface area (Å²) in [6, 6.07) is 53.3. The van der Waals surface area contributed by atoms with Crippen molar-refractivity contribution in [2.24, 2.45) is 0 Å². The molecule has 0 bridgehead atoms. The molecular formula is C82H90O14. The molecule has 0 amide bonds. The Morgan fingerprint density at radius 3 is 0.865 bits per heavy atom. The third-order valence-corrected chi connectivity index (χ3v) is 17.0. The molecule has 9 rings (SSSR count). The van der Waals surface area contributed by atoms with Crippen LogP contribution in [0.5, 0.6) is 23.0 Å². The van der Waals surface area contributed by atoms with Gasteiger partial charge in [0.1, 0.15) is 60.6 Å². The van der Waals surface area contributed by atoms with Crippen molar-refractivity contribution in [1.29, 1.82) is 0 Å². The minimum atomic E-state index is -0.461. The molecule has 0 fully saturated rings. The van der Waals surface area contributed by atoms with Crippen LogP contribution in [0.3, 0.4) is 0 Å². The number of hydrogen-bond donors (Lipinski definition) is 0. The first-order chi connectivity index (χ1) is 46.6. The molecule has 502 valence electrons. The van der Waals surface area contributed by atoms with Gasteiger partial charge in [-0.1, -0.05) is 121 Å². The fraction of sp³-hybridized carbons (Fsp3) is 0.317. The molecule has 9 aromatic carbocycles. The molecule has 0 unspecified atom stereocenters. The first-order valence-electron chi connectivity index (χ1n) is 32.6. The smallest absolute Gasteiger partial charge is 0.341 e. The summed E-state index contributed by atoms with van der Waals surface area (Å²) < 4.78 is 70.4. The topological polar surface area (TPSA) is 145 Å². The SMILES string of the molecule is COCCOCCOCCOc1cc(-c2cc(C)c(-c3cc(C)c(-c4ccc(C(=O)OC)c(OCc5ccccc5)c4)cc3C)cc2C)c(OCCOCCOCCOC)cc1-c1cc(C)c(-c2cc(C)c(-c3ccc(C(=O)OC)c(OCc4ccccc4)c3)cc2C)cc1C. The molecule has 0 radical (unpaired) electrons. The van der Waals surface area contributed by atoms with Crippen LogP contribution >= 0.6 is 0 Å². The van der Waals surface area contributed by atoms with Crippen molar-refractivity contribution in [3.63, 3.8) is 0 Å². The maximum Gasteiger partial charge on any atom is 0.341 e. The van der Waals surface area contributed by atoms with Crippen LogP contribution in [0.15, 0.2) is 158 Å². The number of esters is 2. The molecule has 0 saturated carbocycles. The minimum absolute atomic E-state index is 0.279. The summed E-state index contributed by atoms with van der Waals surface area (Å²) in [4.78, 5) is 25.9. The van der Waals surface area contributed by atoms with Gasteiger partial charge in [-0.3, -0.25) is 0 Å². The van der Waals surface area contributed by atoms with Gasteiger partial charge in [-0.05, 0) is 203 Å². The highest BCUT2D eigenvalue weighted by atomic mass is 16.6. The molecule has 0 atom stereocenters. The van der Waals surface area contributed by atoms with Gasteiger partial charge in [-0.25, -0.2) is 9.59 Å². The van der Waals surface area contributed by atoms with Gasteiger partial charge in [0.2, 0.25) is 0 Å². The van der Waals surface area contributed by atoms with Gasteiger partial charge < -0.3 is 56.8 Å². The molecule has 9 aromatic rings. The Bertz CT molecular complexity index is 3840. The maximum atomic E-state index is 13.0. The number of methoxy groups -OCH3 is 4. The molecule has 14 heteroatoms. The highest BCUT2D eigenvalue weighted by molar-refractivity contribution is 5.95. The summed E-state index contributed by atoms with van der Waals surface area (Å²) in [5.41, 5.74) is 23.3. The van der Waals surface area contributed by atoms with Crippen molar-refractivity contribution in [3.05, 3.63) is 224 Å². The fourth-order valence-electron chi connectivity index (χ4n) is 11.8. The monoisotopic (exact) mass is 1300 g/mol. The van der Waals surface area contributed by atoms with Gasteiger partial charge in [0.05, 0.1) is 80.3 Å². The standard InChI is InChI=1S/C82H90O14/c1-53-41-69(55(3)39-67(53)63-23-25-65(81(83)87-11)77(47-63)95-51-61-19-15-13-16-20-61)71-43-59(7)73(45-57(71)5)75-49-80(94-38-36-92-34-32-90-30-28-86-10)76(50-79(75)93-37-35-91-33-31-89-29-27-85-9)74-46-58(6)72(44-60(74)8)70-42-54(2)68(40-56(70)4)64-24-26-66(82(84)88-12)78(48-64)96-52-62-21-17-14-18-22-62/h13-26,39-50H,27-38,51-52H2,1-12H3. The minimum Gasteiger partial charge on any atom is -0.491 e. The fourth-order valence-corrected chi connectivity index (χ4v) is 11.8. The molecule has 0 heterocycles. The van der Waals surface area contributed by atoms with E-state index in [0.29, 0.717) is 113 Å². The van der Waals surface area contributed by atoms with Crippen LogP contribution in [0, 0.1) is 55.4 Å². The van der Waals surface area contributed by atoms with Crippen molar-refractivity contribution < 1.29 is 66.4 Å². The van der Waals surface area contributed by atoms with E-state index in [1.54, 1.807) is 26.4 Å². The highest BCUT2D eigenvalue weighted by Gasteiger charge is 2.24. The molecule has 0 aliphatic carbocycles. The third kappa shape index (κ3) is 18.3. The van der Waals surface area contributed by atoms with Gasteiger partial charge in [-0.15, -0.1) is 0 Å². The third-order valence-electron chi connectivity index (χ3n) is 17.0. The van der Waals surface area contributed by atoms with Gasteiger partial charge >= 0.3 is 11.9 Å². The molecule has 0 saturated heterocycles. The van der Waals surface area contributed by atoms with Gasteiger partial charge in [0.15, 0.2) is 0 Å². The number of benzene rings is 9. The first-order valence-corrected chi connectivity index (χ1v) is 32.6. The van der Waals surface area contributed by atoms with Crippen molar-refractivity contribution in [2.75, 3.05) is 108 Å². The second kappa shape index (κ2) is 35.0. The predicted molar refractivity (Wildman–Crippen MR) is 379 cm³/mol. The zero-order valence-corrected chi connectivity index (χ0v) is 57.6. The van der Waals surface area contributed by atoms with E-state index < -0.39 is 11.9 Å². The Labute approximate surface area is 566 Å². The van der Waals surface area contributed by atoms with E-state index in [4.69, 9.17) is 56.8 Å². The number of hydrogen-bond acceptors (Lipinski definition) is 14. The Balaban J connectivity index is 1.07. The van der Waals surface area contributed by atoms with Gasteiger partial charge in [0, 0.05) is 25.3 Å². The second-order valence-electron chi connectivity index (χ2n) is 23.9. The molecule has 14 nitrogen and oxygen atoms in total. The highest BCUT2D eigenvalue weighted by Crippen LogP contribution is 2.47. The number of carbonyl (C=O) groups is 2. The summed E-state index contributed by atoms with van der Waals surface area (Å²) in [6.45, 7) is 22.6. The predicted octanol–water partition coefficient (Wildman–Crippen LogP) is 17.0. The van der Waals surface area contributed by atoms with E-state index in [2.05, 4.69) is 116 Å². The Hall–Kier alpha value is -9.12. The average molecular weight is 1300 g/mol. The van der Waals surface area contributed by atoms with Crippen LogP contribution in [0.2, 0.25) is 0 Å². The number of rotatable bonds is 34. The normalized spacial score (nSPS) is 11.2. The zero-order valence-electron chi connectivity index (χ0n) is 57.6. The first kappa shape index (κ1) is 71.2. The van der Waals surface area contributed by atoms with Crippen LogP contribution in [-0.2, 0) is 51.1 Å². The number of carbonyl (C=O) groups excluding carboxylic acids is 2. The molecule has 0 aliphatic rings. The quantitative estimate of drug-likeness (QED) is 0.0278. The van der Waals surface area contributed by atoms with E-state index in [-0.39, 0.29) is 13.2 Å².